The highest BCUT2D eigenvalue weighted by molar-refractivity contribution is 6.30. The molecule has 1 atom stereocenters. The van der Waals surface area contributed by atoms with Gasteiger partial charge < -0.3 is 19.9 Å². The van der Waals surface area contributed by atoms with E-state index in [2.05, 4.69) is 11.9 Å². The van der Waals surface area contributed by atoms with E-state index in [1.807, 2.05) is 0 Å². The average Bonchev–Trinajstić information content (AvgIpc) is 2.45. The molecule has 0 bridgehead atoms. The third-order valence-electron chi connectivity index (χ3n) is 2.53. The van der Waals surface area contributed by atoms with Crippen LogP contribution in [0.3, 0.4) is 0 Å². The minimum absolute atomic E-state index is 0.164. The maximum absolute atomic E-state index is 12.1. The van der Waals surface area contributed by atoms with E-state index in [0.717, 1.165) is 0 Å². The van der Waals surface area contributed by atoms with Crippen LogP contribution in [0.2, 0.25) is 5.02 Å². The molecule has 0 spiro atoms. The molecule has 6 nitrogen and oxygen atoms in total. The second-order valence-corrected chi connectivity index (χ2v) is 4.47. The van der Waals surface area contributed by atoms with Crippen LogP contribution in [-0.2, 0) is 9.53 Å². The lowest BCUT2D eigenvalue weighted by atomic mass is 10.1. The second-order valence-electron chi connectivity index (χ2n) is 4.04. The van der Waals surface area contributed by atoms with E-state index in [1.165, 1.54) is 31.4 Å². The fourth-order valence-electron chi connectivity index (χ4n) is 1.53. The summed E-state index contributed by atoms with van der Waals surface area (Å²) in [6, 6.07) is 3.28. The van der Waals surface area contributed by atoms with Gasteiger partial charge in [-0.25, -0.2) is 4.79 Å². The second kappa shape index (κ2) is 8.28. The monoisotopic (exact) mass is 313 g/mol. The molecule has 2 N–H and O–H groups in total. The zero-order chi connectivity index (χ0) is 15.8. The largest absolute Gasteiger partial charge is 0.496 e. The fourth-order valence-corrected chi connectivity index (χ4v) is 1.69. The standard InChI is InChI=1S/C14H16ClNO5/c1-3-6-21-8-11(14(18)19)16-13(17)10-5-4-9(15)7-12(10)20-2/h3-5,7,11H,1,6,8H2,2H3,(H,16,17)(H,18,19). The quantitative estimate of drug-likeness (QED) is 0.564. The fraction of sp³-hybridized carbons (Fsp3) is 0.286. The maximum atomic E-state index is 12.1. The van der Waals surface area contributed by atoms with Gasteiger partial charge in [0.2, 0.25) is 0 Å². The summed E-state index contributed by atoms with van der Waals surface area (Å²) < 4.78 is 10.1. The van der Waals surface area contributed by atoms with Gasteiger partial charge in [-0.1, -0.05) is 17.7 Å². The SMILES string of the molecule is C=CCOCC(NC(=O)c1ccc(Cl)cc1OC)C(=O)O. The third kappa shape index (κ3) is 5.09. The molecule has 1 aromatic carbocycles. The summed E-state index contributed by atoms with van der Waals surface area (Å²) in [7, 11) is 1.39. The number of rotatable bonds is 8. The Hall–Kier alpha value is -2.05. The highest BCUT2D eigenvalue weighted by atomic mass is 35.5. The molecule has 1 amide bonds. The molecule has 1 rings (SSSR count). The van der Waals surface area contributed by atoms with Gasteiger partial charge in [-0.15, -0.1) is 6.58 Å². The number of carbonyl (C=O) groups excluding carboxylic acids is 1. The summed E-state index contributed by atoms with van der Waals surface area (Å²) in [5.41, 5.74) is 0.192. The van der Waals surface area contributed by atoms with Crippen molar-refractivity contribution >= 4 is 23.5 Å². The number of carboxylic acid groups (broad SMARTS) is 1. The molecular weight excluding hydrogens is 298 g/mol. The van der Waals surface area contributed by atoms with E-state index < -0.39 is 17.9 Å². The first-order chi connectivity index (χ1) is 9.99. The lowest BCUT2D eigenvalue weighted by Gasteiger charge is -2.15. The Morgan fingerprint density at radius 2 is 2.24 bits per heavy atom. The molecule has 0 aliphatic carbocycles. The maximum Gasteiger partial charge on any atom is 0.328 e. The molecule has 0 saturated heterocycles. The Labute approximate surface area is 127 Å². The number of benzene rings is 1. The predicted octanol–water partition coefficient (Wildman–Crippen LogP) is 1.73. The van der Waals surface area contributed by atoms with E-state index in [0.29, 0.717) is 5.02 Å². The molecular formula is C14H16ClNO5. The van der Waals surface area contributed by atoms with E-state index in [1.54, 1.807) is 0 Å². The Morgan fingerprint density at radius 1 is 1.52 bits per heavy atom. The minimum Gasteiger partial charge on any atom is -0.496 e. The first-order valence-electron chi connectivity index (χ1n) is 6.05. The number of halogens is 1. The summed E-state index contributed by atoms with van der Waals surface area (Å²) in [6.07, 6.45) is 1.49. The van der Waals surface area contributed by atoms with Gasteiger partial charge >= 0.3 is 5.97 Å². The summed E-state index contributed by atoms with van der Waals surface area (Å²) in [5, 5.41) is 11.8. The number of amides is 1. The topological polar surface area (TPSA) is 84.9 Å². The van der Waals surface area contributed by atoms with Crippen LogP contribution >= 0.6 is 11.6 Å². The zero-order valence-electron chi connectivity index (χ0n) is 11.5. The molecule has 21 heavy (non-hydrogen) atoms. The molecule has 0 radical (unpaired) electrons. The van der Waals surface area contributed by atoms with Crippen LogP contribution in [0.15, 0.2) is 30.9 Å². The van der Waals surface area contributed by atoms with Crippen LogP contribution in [0.25, 0.3) is 0 Å². The number of hydrogen-bond acceptors (Lipinski definition) is 4. The van der Waals surface area contributed by atoms with Crippen LogP contribution in [0.1, 0.15) is 10.4 Å². The van der Waals surface area contributed by atoms with Gasteiger partial charge in [0.05, 0.1) is 25.9 Å². The Kier molecular flexibility index (Phi) is 6.71. The summed E-state index contributed by atoms with van der Waals surface area (Å²) in [5.74, 6) is -1.52. The van der Waals surface area contributed by atoms with E-state index in [4.69, 9.17) is 26.2 Å². The van der Waals surface area contributed by atoms with Gasteiger partial charge in [-0.05, 0) is 18.2 Å². The average molecular weight is 314 g/mol. The first-order valence-corrected chi connectivity index (χ1v) is 6.43. The van der Waals surface area contributed by atoms with Gasteiger partial charge in [0.15, 0.2) is 6.04 Å². The summed E-state index contributed by atoms with van der Waals surface area (Å²) in [4.78, 5) is 23.2. The van der Waals surface area contributed by atoms with E-state index >= 15 is 0 Å². The van der Waals surface area contributed by atoms with Crippen molar-refractivity contribution in [1.29, 1.82) is 0 Å². The van der Waals surface area contributed by atoms with Gasteiger partial charge in [0, 0.05) is 5.02 Å². The smallest absolute Gasteiger partial charge is 0.328 e. The number of hydrogen-bond donors (Lipinski definition) is 2. The van der Waals surface area contributed by atoms with Crippen LogP contribution in [0.5, 0.6) is 5.75 Å². The lowest BCUT2D eigenvalue weighted by molar-refractivity contribution is -0.140. The van der Waals surface area contributed by atoms with Crippen molar-refractivity contribution in [2.75, 3.05) is 20.3 Å². The third-order valence-corrected chi connectivity index (χ3v) is 2.77. The van der Waals surface area contributed by atoms with Crippen molar-refractivity contribution in [1.82, 2.24) is 5.32 Å². The number of methoxy groups -OCH3 is 1. The van der Waals surface area contributed by atoms with Crippen LogP contribution < -0.4 is 10.1 Å². The highest BCUT2D eigenvalue weighted by Gasteiger charge is 2.22. The number of carbonyl (C=O) groups is 2. The molecule has 1 unspecified atom stereocenters. The minimum atomic E-state index is -1.19. The van der Waals surface area contributed by atoms with Gasteiger partial charge in [-0.2, -0.15) is 0 Å². The molecule has 7 heteroatoms. The van der Waals surface area contributed by atoms with Gasteiger partial charge in [0.1, 0.15) is 5.75 Å². The zero-order valence-corrected chi connectivity index (χ0v) is 12.2. The number of aliphatic carboxylic acids is 1. The van der Waals surface area contributed by atoms with Crippen molar-refractivity contribution in [2.24, 2.45) is 0 Å². The number of ether oxygens (including phenoxy) is 2. The van der Waals surface area contributed by atoms with Crippen molar-refractivity contribution < 1.29 is 24.2 Å². The van der Waals surface area contributed by atoms with Gasteiger partial charge in [0.25, 0.3) is 5.91 Å². The van der Waals surface area contributed by atoms with Crippen LogP contribution in [-0.4, -0.2) is 43.3 Å². The summed E-state index contributed by atoms with van der Waals surface area (Å²) in [6.45, 7) is 3.49. The lowest BCUT2D eigenvalue weighted by Crippen LogP contribution is -2.44. The van der Waals surface area contributed by atoms with Crippen molar-refractivity contribution in [2.45, 2.75) is 6.04 Å². The number of carboxylic acids is 1. The predicted molar refractivity (Wildman–Crippen MR) is 77.9 cm³/mol. The molecule has 114 valence electrons. The van der Waals surface area contributed by atoms with Crippen LogP contribution in [0.4, 0.5) is 0 Å². The van der Waals surface area contributed by atoms with E-state index in [9.17, 15) is 9.59 Å². The van der Waals surface area contributed by atoms with Crippen molar-refractivity contribution in [3.63, 3.8) is 0 Å². The Morgan fingerprint density at radius 3 is 2.81 bits per heavy atom. The molecule has 1 aromatic rings. The molecule has 0 aliphatic rings. The molecule has 0 fully saturated rings. The summed E-state index contributed by atoms with van der Waals surface area (Å²) >= 11 is 5.81. The normalized spacial score (nSPS) is 11.5. The number of nitrogens with one attached hydrogen (secondary N) is 1. The van der Waals surface area contributed by atoms with Crippen molar-refractivity contribution in [3.05, 3.63) is 41.4 Å². The van der Waals surface area contributed by atoms with Crippen LogP contribution in [0, 0.1) is 0 Å². The van der Waals surface area contributed by atoms with E-state index in [-0.39, 0.29) is 24.5 Å². The van der Waals surface area contributed by atoms with Gasteiger partial charge in [-0.3, -0.25) is 4.79 Å². The Bertz CT molecular complexity index is 532. The molecule has 0 aromatic heterocycles. The molecule has 0 aliphatic heterocycles. The highest BCUT2D eigenvalue weighted by Crippen LogP contribution is 2.23. The Balaban J connectivity index is 2.81. The van der Waals surface area contributed by atoms with Crippen molar-refractivity contribution in [3.8, 4) is 5.75 Å². The molecule has 0 heterocycles. The first kappa shape index (κ1) is 17.0. The molecule has 0 saturated carbocycles.